The van der Waals surface area contributed by atoms with Crippen molar-refractivity contribution in [3.63, 3.8) is 0 Å². The zero-order valence-electron chi connectivity index (χ0n) is 13.7. The summed E-state index contributed by atoms with van der Waals surface area (Å²) in [5.74, 6) is 1.14. The second-order valence-corrected chi connectivity index (χ2v) is 6.55. The quantitative estimate of drug-likeness (QED) is 0.860. The molecule has 0 bridgehead atoms. The van der Waals surface area contributed by atoms with E-state index >= 15 is 0 Å². The van der Waals surface area contributed by atoms with E-state index in [1.54, 1.807) is 16.6 Å². The van der Waals surface area contributed by atoms with Crippen LogP contribution >= 0.6 is 11.6 Å². The number of hydrogen-bond acceptors (Lipinski definition) is 5. The predicted molar refractivity (Wildman–Crippen MR) is 84.4 cm³/mol. The number of hydrogen-bond donors (Lipinski definition) is 0. The van der Waals surface area contributed by atoms with Gasteiger partial charge in [0.1, 0.15) is 6.04 Å². The van der Waals surface area contributed by atoms with Gasteiger partial charge in [0.15, 0.2) is 11.5 Å². The third kappa shape index (κ3) is 2.73. The number of amides is 1. The van der Waals surface area contributed by atoms with E-state index in [1.165, 1.54) is 0 Å². The summed E-state index contributed by atoms with van der Waals surface area (Å²) in [5.41, 5.74) is 1.05. The topological polar surface area (TPSA) is 77.1 Å². The van der Waals surface area contributed by atoms with Crippen molar-refractivity contribution in [2.75, 3.05) is 6.54 Å². The third-order valence-corrected chi connectivity index (χ3v) is 4.69. The van der Waals surface area contributed by atoms with Crippen LogP contribution in [0, 0.1) is 6.92 Å². The van der Waals surface area contributed by atoms with Crippen LogP contribution in [0.5, 0.6) is 0 Å². The lowest BCUT2D eigenvalue weighted by Gasteiger charge is -2.20. The van der Waals surface area contributed by atoms with E-state index < -0.39 is 0 Å². The second-order valence-electron chi connectivity index (χ2n) is 6.17. The van der Waals surface area contributed by atoms with Crippen LogP contribution in [0.15, 0.2) is 4.52 Å². The Morgan fingerprint density at radius 2 is 2.17 bits per heavy atom. The molecule has 1 amide bonds. The molecule has 0 unspecified atom stereocenters. The molecule has 2 aromatic rings. The van der Waals surface area contributed by atoms with E-state index in [-0.39, 0.29) is 23.6 Å². The van der Waals surface area contributed by atoms with Crippen molar-refractivity contribution < 1.29 is 9.32 Å². The average molecular weight is 338 g/mol. The molecule has 7 nitrogen and oxygen atoms in total. The maximum Gasteiger partial charge on any atom is 0.276 e. The van der Waals surface area contributed by atoms with Gasteiger partial charge in [-0.2, -0.15) is 10.1 Å². The van der Waals surface area contributed by atoms with Gasteiger partial charge in [-0.1, -0.05) is 30.6 Å². The first-order valence-electron chi connectivity index (χ1n) is 7.73. The van der Waals surface area contributed by atoms with Crippen molar-refractivity contribution in [2.45, 2.75) is 45.6 Å². The molecule has 0 radical (unpaired) electrons. The average Bonchev–Trinajstić information content (AvgIpc) is 3.21. The summed E-state index contributed by atoms with van der Waals surface area (Å²) in [5, 5.41) is 8.63. The Hall–Kier alpha value is -1.89. The first-order valence-corrected chi connectivity index (χ1v) is 8.11. The van der Waals surface area contributed by atoms with Crippen LogP contribution in [0.3, 0.4) is 0 Å². The van der Waals surface area contributed by atoms with Gasteiger partial charge in [-0.05, 0) is 19.8 Å². The molecule has 1 aliphatic rings. The van der Waals surface area contributed by atoms with Gasteiger partial charge in [-0.25, -0.2) is 0 Å². The summed E-state index contributed by atoms with van der Waals surface area (Å²) < 4.78 is 6.99. The Balaban J connectivity index is 1.88. The van der Waals surface area contributed by atoms with E-state index in [1.807, 2.05) is 20.8 Å². The van der Waals surface area contributed by atoms with Crippen LogP contribution in [-0.4, -0.2) is 37.3 Å². The van der Waals surface area contributed by atoms with Gasteiger partial charge in [0.2, 0.25) is 5.89 Å². The molecule has 8 heteroatoms. The highest BCUT2D eigenvalue weighted by atomic mass is 35.5. The molecular formula is C15H20ClN5O2. The highest BCUT2D eigenvalue weighted by molar-refractivity contribution is 6.34. The van der Waals surface area contributed by atoms with Crippen LogP contribution in [-0.2, 0) is 7.05 Å². The van der Waals surface area contributed by atoms with Crippen LogP contribution in [0.25, 0.3) is 0 Å². The number of aryl methyl sites for hydroxylation is 1. The first-order chi connectivity index (χ1) is 10.9. The van der Waals surface area contributed by atoms with Gasteiger partial charge < -0.3 is 9.42 Å². The first kappa shape index (κ1) is 16.0. The largest absolute Gasteiger partial charge is 0.337 e. The Morgan fingerprint density at radius 1 is 1.43 bits per heavy atom. The predicted octanol–water partition coefficient (Wildman–Crippen LogP) is 2.87. The van der Waals surface area contributed by atoms with Crippen molar-refractivity contribution in [1.29, 1.82) is 0 Å². The van der Waals surface area contributed by atoms with Gasteiger partial charge in [-0.15, -0.1) is 0 Å². The molecule has 124 valence electrons. The standard InChI is InChI=1S/C15H20ClN5O2/c1-8(2)13-17-14(23-19-13)10-6-5-7-21(10)15(22)12-11(16)9(3)20(4)18-12/h8,10H,5-7H2,1-4H3/t10-/m1/s1. The SMILES string of the molecule is Cc1c(Cl)c(C(=O)N2CCC[C@@H]2c2nc(C(C)C)no2)nn1C. The molecule has 0 aliphatic carbocycles. The second kappa shape index (κ2) is 5.96. The highest BCUT2D eigenvalue weighted by Gasteiger charge is 2.36. The Kier molecular flexibility index (Phi) is 4.14. The van der Waals surface area contributed by atoms with E-state index in [0.717, 1.165) is 18.5 Å². The Labute approximate surface area is 139 Å². The molecule has 0 aromatic carbocycles. The van der Waals surface area contributed by atoms with Gasteiger partial charge in [0.05, 0.1) is 10.7 Å². The lowest BCUT2D eigenvalue weighted by Crippen LogP contribution is -2.31. The maximum absolute atomic E-state index is 12.8. The van der Waals surface area contributed by atoms with Crippen LogP contribution in [0.4, 0.5) is 0 Å². The summed E-state index contributed by atoms with van der Waals surface area (Å²) in [6, 6.07) is -0.208. The number of aromatic nitrogens is 4. The fourth-order valence-corrected chi connectivity index (χ4v) is 2.98. The maximum atomic E-state index is 12.8. The van der Waals surface area contributed by atoms with Crippen molar-refractivity contribution in [3.8, 4) is 0 Å². The lowest BCUT2D eigenvalue weighted by molar-refractivity contribution is 0.0703. The zero-order chi connectivity index (χ0) is 16.7. The van der Waals surface area contributed by atoms with E-state index in [2.05, 4.69) is 15.2 Å². The summed E-state index contributed by atoms with van der Waals surface area (Å²) >= 11 is 6.24. The van der Waals surface area contributed by atoms with Gasteiger partial charge >= 0.3 is 0 Å². The van der Waals surface area contributed by atoms with Crippen molar-refractivity contribution in [3.05, 3.63) is 28.1 Å². The Morgan fingerprint density at radius 3 is 2.74 bits per heavy atom. The number of carbonyl (C=O) groups is 1. The summed E-state index contributed by atoms with van der Waals surface area (Å²) in [7, 11) is 1.77. The van der Waals surface area contributed by atoms with Gasteiger partial charge in [-0.3, -0.25) is 9.48 Å². The van der Waals surface area contributed by atoms with E-state index in [9.17, 15) is 4.79 Å². The minimum Gasteiger partial charge on any atom is -0.337 e. The molecule has 0 spiro atoms. The fraction of sp³-hybridized carbons (Fsp3) is 0.600. The number of halogens is 1. The molecule has 0 saturated carbocycles. The van der Waals surface area contributed by atoms with E-state index in [4.69, 9.17) is 16.1 Å². The highest BCUT2D eigenvalue weighted by Crippen LogP contribution is 2.34. The zero-order valence-corrected chi connectivity index (χ0v) is 14.5. The third-order valence-electron chi connectivity index (χ3n) is 4.24. The van der Waals surface area contributed by atoms with Crippen LogP contribution in [0.2, 0.25) is 5.02 Å². The lowest BCUT2D eigenvalue weighted by atomic mass is 10.2. The minimum absolute atomic E-state index is 0.186. The molecule has 0 N–H and O–H groups in total. The molecular weight excluding hydrogens is 318 g/mol. The molecule has 23 heavy (non-hydrogen) atoms. The summed E-state index contributed by atoms with van der Waals surface area (Å²) in [4.78, 5) is 19.0. The molecule has 1 saturated heterocycles. The minimum atomic E-state index is -0.208. The fourth-order valence-electron chi connectivity index (χ4n) is 2.74. The number of nitrogens with zero attached hydrogens (tertiary/aromatic N) is 5. The van der Waals surface area contributed by atoms with E-state index in [0.29, 0.717) is 23.3 Å². The number of likely N-dealkylation sites (tertiary alicyclic amines) is 1. The molecule has 1 aliphatic heterocycles. The molecule has 3 rings (SSSR count). The normalized spacial score (nSPS) is 18.2. The summed E-state index contributed by atoms with van der Waals surface area (Å²) in [6.45, 7) is 6.47. The summed E-state index contributed by atoms with van der Waals surface area (Å²) in [6.07, 6.45) is 1.69. The number of carbonyl (C=O) groups excluding carboxylic acids is 1. The molecule has 1 atom stereocenters. The van der Waals surface area contributed by atoms with Crippen molar-refractivity contribution in [2.24, 2.45) is 7.05 Å². The smallest absolute Gasteiger partial charge is 0.276 e. The van der Waals surface area contributed by atoms with Crippen LogP contribution < -0.4 is 0 Å². The van der Waals surface area contributed by atoms with Crippen molar-refractivity contribution in [1.82, 2.24) is 24.8 Å². The Bertz CT molecular complexity index is 736. The van der Waals surface area contributed by atoms with Crippen molar-refractivity contribution >= 4 is 17.5 Å². The monoisotopic (exact) mass is 337 g/mol. The van der Waals surface area contributed by atoms with Gasteiger partial charge in [0, 0.05) is 19.5 Å². The number of rotatable bonds is 3. The van der Waals surface area contributed by atoms with Crippen LogP contribution in [0.1, 0.15) is 66.5 Å². The molecule has 2 aromatic heterocycles. The molecule has 1 fully saturated rings. The molecule has 3 heterocycles. The van der Waals surface area contributed by atoms with Gasteiger partial charge in [0.25, 0.3) is 5.91 Å².